The fraction of sp³-hybridized carbons (Fsp3) is 0.364. The van der Waals surface area contributed by atoms with Crippen LogP contribution in [-0.2, 0) is 20.6 Å². The average molecular weight is 476 g/mol. The summed E-state index contributed by atoms with van der Waals surface area (Å²) < 4.78 is 28.2. The van der Waals surface area contributed by atoms with Crippen LogP contribution in [0, 0.1) is 0 Å². The molecule has 0 atom stereocenters. The molecule has 2 heterocycles. The molecule has 1 N–H and O–H groups in total. The van der Waals surface area contributed by atoms with E-state index in [0.29, 0.717) is 18.8 Å². The second-order valence-electron chi connectivity index (χ2n) is 7.47. The maximum Gasteiger partial charge on any atom is 0.243 e. The van der Waals surface area contributed by atoms with Crippen molar-refractivity contribution in [2.45, 2.75) is 36.3 Å². The lowest BCUT2D eigenvalue weighted by atomic mass is 10.2. The van der Waals surface area contributed by atoms with Crippen LogP contribution in [0.15, 0.2) is 58.4 Å². The number of nitrogens with zero attached hydrogens (tertiary/aromatic N) is 2. The molecule has 1 saturated heterocycles. The summed E-state index contributed by atoms with van der Waals surface area (Å²) in [6.07, 6.45) is 3.96. The van der Waals surface area contributed by atoms with E-state index in [4.69, 9.17) is 0 Å². The number of carbonyl (C=O) groups excluding carboxylic acids is 1. The summed E-state index contributed by atoms with van der Waals surface area (Å²) in [6, 6.07) is 14.5. The van der Waals surface area contributed by atoms with Crippen LogP contribution in [0.2, 0.25) is 0 Å². The minimum Gasteiger partial charge on any atom is -0.325 e. The zero-order valence-electron chi connectivity index (χ0n) is 17.1. The normalized spacial score (nSPS) is 17.4. The van der Waals surface area contributed by atoms with Gasteiger partial charge in [0.05, 0.1) is 16.3 Å². The molecule has 0 bridgehead atoms. The van der Waals surface area contributed by atoms with Crippen molar-refractivity contribution in [3.8, 4) is 0 Å². The lowest BCUT2D eigenvalue weighted by molar-refractivity contribution is -0.113. The third kappa shape index (κ3) is 5.71. The number of aliphatic imine (C=N–C) groups is 1. The molecule has 6 nitrogen and oxygen atoms in total. The molecule has 0 radical (unpaired) electrons. The molecule has 4 rings (SSSR count). The number of thioether (sulfide) groups is 2. The van der Waals surface area contributed by atoms with Gasteiger partial charge in [0.25, 0.3) is 0 Å². The van der Waals surface area contributed by atoms with Crippen LogP contribution in [-0.4, -0.2) is 41.8 Å². The highest BCUT2D eigenvalue weighted by Gasteiger charge is 2.25. The van der Waals surface area contributed by atoms with E-state index in [1.165, 1.54) is 17.3 Å². The third-order valence-corrected chi connectivity index (χ3v) is 9.38. The van der Waals surface area contributed by atoms with Gasteiger partial charge in [0, 0.05) is 24.5 Å². The van der Waals surface area contributed by atoms with E-state index in [2.05, 4.69) is 16.4 Å². The van der Waals surface area contributed by atoms with Crippen LogP contribution in [0.3, 0.4) is 0 Å². The molecule has 0 aliphatic carbocycles. The van der Waals surface area contributed by atoms with Crippen molar-refractivity contribution in [2.24, 2.45) is 4.99 Å². The first-order valence-corrected chi connectivity index (χ1v) is 13.8. The first-order valence-electron chi connectivity index (χ1n) is 10.3. The molecule has 1 amide bonds. The maximum atomic E-state index is 12.9. The van der Waals surface area contributed by atoms with Gasteiger partial charge in [-0.15, -0.1) is 0 Å². The van der Waals surface area contributed by atoms with Crippen molar-refractivity contribution < 1.29 is 13.2 Å². The highest BCUT2D eigenvalue weighted by molar-refractivity contribution is 8.38. The van der Waals surface area contributed by atoms with E-state index in [9.17, 15) is 13.2 Å². The molecule has 2 aliphatic heterocycles. The number of carbonyl (C=O) groups is 1. The van der Waals surface area contributed by atoms with Gasteiger partial charge in [0.1, 0.15) is 4.38 Å². The molecule has 0 spiro atoms. The number of rotatable bonds is 5. The Morgan fingerprint density at radius 2 is 1.74 bits per heavy atom. The van der Waals surface area contributed by atoms with Gasteiger partial charge in [-0.2, -0.15) is 4.31 Å². The molecular weight excluding hydrogens is 450 g/mol. The predicted octanol–water partition coefficient (Wildman–Crippen LogP) is 4.86. The largest absolute Gasteiger partial charge is 0.325 e. The van der Waals surface area contributed by atoms with E-state index in [0.717, 1.165) is 41.5 Å². The van der Waals surface area contributed by atoms with E-state index in [1.54, 1.807) is 40.3 Å². The fourth-order valence-electron chi connectivity index (χ4n) is 3.55. The Morgan fingerprint density at radius 1 is 1.03 bits per heavy atom. The first-order chi connectivity index (χ1) is 15.0. The second kappa shape index (κ2) is 10.2. The quantitative estimate of drug-likeness (QED) is 0.668. The van der Waals surface area contributed by atoms with Crippen molar-refractivity contribution in [3.05, 3.63) is 54.1 Å². The Kier molecular flexibility index (Phi) is 7.37. The standard InChI is InChI=1S/C22H25N3O3S3/c26-21(16-30-22-24-20-8-4-3-7-17(20)15-29-22)23-18-9-11-19(12-10-18)31(27,28)25-13-5-1-2-6-14-25/h3-4,7-12H,1-2,5-6,13-16H2,(H,23,26). The second-order valence-corrected chi connectivity index (χ2v) is 11.6. The van der Waals surface area contributed by atoms with Crippen molar-refractivity contribution >= 4 is 55.2 Å². The van der Waals surface area contributed by atoms with Crippen LogP contribution < -0.4 is 5.32 Å². The number of hydrogen-bond donors (Lipinski definition) is 1. The molecule has 0 aromatic heterocycles. The summed E-state index contributed by atoms with van der Waals surface area (Å²) in [4.78, 5) is 17.2. The molecular formula is C22H25N3O3S3. The summed E-state index contributed by atoms with van der Waals surface area (Å²) in [6.45, 7) is 1.15. The lowest BCUT2D eigenvalue weighted by Gasteiger charge is -2.20. The van der Waals surface area contributed by atoms with Gasteiger partial charge >= 0.3 is 0 Å². The van der Waals surface area contributed by atoms with E-state index < -0.39 is 10.0 Å². The summed E-state index contributed by atoms with van der Waals surface area (Å²) in [5.41, 5.74) is 2.76. The number of nitrogens with one attached hydrogen (secondary N) is 1. The SMILES string of the molecule is O=C(CSC1=Nc2ccccc2CS1)Nc1ccc(S(=O)(=O)N2CCCCCC2)cc1. The van der Waals surface area contributed by atoms with E-state index in [1.807, 2.05) is 18.2 Å². The van der Waals surface area contributed by atoms with E-state index in [-0.39, 0.29) is 16.6 Å². The van der Waals surface area contributed by atoms with Gasteiger partial charge < -0.3 is 5.32 Å². The lowest BCUT2D eigenvalue weighted by Crippen LogP contribution is -2.31. The first kappa shape index (κ1) is 22.4. The zero-order valence-corrected chi connectivity index (χ0v) is 19.6. The summed E-state index contributed by atoms with van der Waals surface area (Å²) >= 11 is 3.05. The van der Waals surface area contributed by atoms with Crippen molar-refractivity contribution in [3.63, 3.8) is 0 Å². The van der Waals surface area contributed by atoms with Crippen LogP contribution in [0.4, 0.5) is 11.4 Å². The van der Waals surface area contributed by atoms with E-state index >= 15 is 0 Å². The number of anilines is 1. The molecule has 2 aromatic carbocycles. The summed E-state index contributed by atoms with van der Waals surface area (Å²) in [5.74, 6) is 0.966. The van der Waals surface area contributed by atoms with Crippen molar-refractivity contribution in [1.29, 1.82) is 0 Å². The highest BCUT2D eigenvalue weighted by Crippen LogP contribution is 2.34. The van der Waals surface area contributed by atoms with Crippen molar-refractivity contribution in [2.75, 3.05) is 24.2 Å². The van der Waals surface area contributed by atoms with Gasteiger partial charge in [-0.3, -0.25) is 4.79 Å². The number of benzene rings is 2. The van der Waals surface area contributed by atoms with Crippen LogP contribution in [0.5, 0.6) is 0 Å². The molecule has 1 fully saturated rings. The van der Waals surface area contributed by atoms with Crippen LogP contribution >= 0.6 is 23.5 Å². The molecule has 164 valence electrons. The summed E-state index contributed by atoms with van der Waals surface area (Å²) in [7, 11) is -3.48. The number of sulfonamides is 1. The smallest absolute Gasteiger partial charge is 0.243 e. The molecule has 0 unspecified atom stereocenters. The summed E-state index contributed by atoms with van der Waals surface area (Å²) in [5, 5.41) is 2.84. The molecule has 2 aromatic rings. The number of hydrogen-bond acceptors (Lipinski definition) is 6. The van der Waals surface area contributed by atoms with Gasteiger partial charge in [-0.25, -0.2) is 13.4 Å². The minimum atomic E-state index is -3.48. The van der Waals surface area contributed by atoms with Gasteiger partial charge in [0.2, 0.25) is 15.9 Å². The molecule has 2 aliphatic rings. The Morgan fingerprint density at radius 3 is 2.48 bits per heavy atom. The fourth-order valence-corrected chi connectivity index (χ4v) is 6.93. The Hall–Kier alpha value is -1.81. The maximum absolute atomic E-state index is 12.9. The molecule has 0 saturated carbocycles. The van der Waals surface area contributed by atoms with Crippen molar-refractivity contribution in [1.82, 2.24) is 4.31 Å². The van der Waals surface area contributed by atoms with Gasteiger partial charge in [-0.1, -0.05) is 54.6 Å². The predicted molar refractivity (Wildman–Crippen MR) is 130 cm³/mol. The number of amides is 1. The zero-order chi connectivity index (χ0) is 21.7. The monoisotopic (exact) mass is 475 g/mol. The van der Waals surface area contributed by atoms with Crippen LogP contribution in [0.25, 0.3) is 0 Å². The minimum absolute atomic E-state index is 0.143. The molecule has 9 heteroatoms. The van der Waals surface area contributed by atoms with Gasteiger partial charge in [0.15, 0.2) is 0 Å². The third-order valence-electron chi connectivity index (χ3n) is 5.22. The highest BCUT2D eigenvalue weighted by atomic mass is 32.2. The topological polar surface area (TPSA) is 78.8 Å². The average Bonchev–Trinajstić information content (AvgIpc) is 3.08. The Labute approximate surface area is 191 Å². The Bertz CT molecular complexity index is 1060. The number of fused-ring (bicyclic) bond motifs is 1. The number of para-hydroxylation sites is 1. The van der Waals surface area contributed by atoms with Crippen LogP contribution in [0.1, 0.15) is 31.2 Å². The van der Waals surface area contributed by atoms with Gasteiger partial charge in [-0.05, 0) is 48.7 Å². The molecule has 31 heavy (non-hydrogen) atoms. The Balaban J connectivity index is 1.33.